The van der Waals surface area contributed by atoms with Crippen LogP contribution in [-0.4, -0.2) is 36.2 Å². The van der Waals surface area contributed by atoms with Crippen molar-refractivity contribution < 1.29 is 5.11 Å². The third-order valence-corrected chi connectivity index (χ3v) is 3.80. The molecule has 1 fully saturated rings. The van der Waals surface area contributed by atoms with Gasteiger partial charge < -0.3 is 15.3 Å². The van der Waals surface area contributed by atoms with E-state index in [9.17, 15) is 0 Å². The zero-order valence-electron chi connectivity index (χ0n) is 11.9. The normalized spacial score (nSPS) is 17.8. The van der Waals surface area contributed by atoms with Crippen molar-refractivity contribution in [3.05, 3.63) is 35.4 Å². The topological polar surface area (TPSA) is 35.5 Å². The van der Waals surface area contributed by atoms with Crippen molar-refractivity contribution in [2.45, 2.75) is 32.9 Å². The average Bonchev–Trinajstić information content (AvgIpc) is 2.92. The third kappa shape index (κ3) is 4.94. The highest BCUT2D eigenvalue weighted by Gasteiger charge is 2.14. The second kappa shape index (κ2) is 7.63. The van der Waals surface area contributed by atoms with Gasteiger partial charge in [0.1, 0.15) is 0 Å². The van der Waals surface area contributed by atoms with Gasteiger partial charge in [0.05, 0.1) is 6.61 Å². The summed E-state index contributed by atoms with van der Waals surface area (Å²) in [7, 11) is 0. The predicted octanol–water partition coefficient (Wildman–Crippen LogP) is 2.00. The van der Waals surface area contributed by atoms with Crippen LogP contribution in [0.3, 0.4) is 0 Å². The second-order valence-corrected chi connectivity index (χ2v) is 5.72. The number of rotatable bonds is 7. The minimum Gasteiger partial charge on any atom is -0.392 e. The zero-order valence-corrected chi connectivity index (χ0v) is 11.9. The summed E-state index contributed by atoms with van der Waals surface area (Å²) in [5.41, 5.74) is 2.26. The van der Waals surface area contributed by atoms with Gasteiger partial charge in [0, 0.05) is 13.1 Å². The monoisotopic (exact) mass is 262 g/mol. The highest BCUT2D eigenvalue weighted by atomic mass is 16.3. The van der Waals surface area contributed by atoms with Crippen LogP contribution in [0.25, 0.3) is 0 Å². The SMILES string of the molecule is CC(CNCc1ccc(CO)cc1)CN1CCCC1. The molecule has 0 bridgehead atoms. The Morgan fingerprint density at radius 3 is 2.42 bits per heavy atom. The number of aliphatic hydroxyl groups excluding tert-OH is 1. The van der Waals surface area contributed by atoms with Crippen molar-refractivity contribution in [3.63, 3.8) is 0 Å². The Labute approximate surface area is 116 Å². The molecule has 1 aromatic rings. The molecule has 0 radical (unpaired) electrons. The van der Waals surface area contributed by atoms with Gasteiger partial charge in [0.2, 0.25) is 0 Å². The Morgan fingerprint density at radius 1 is 1.16 bits per heavy atom. The first-order valence-corrected chi connectivity index (χ1v) is 7.39. The van der Waals surface area contributed by atoms with Gasteiger partial charge in [0.25, 0.3) is 0 Å². The fourth-order valence-corrected chi connectivity index (χ4v) is 2.70. The van der Waals surface area contributed by atoms with Gasteiger partial charge in [-0.2, -0.15) is 0 Å². The van der Waals surface area contributed by atoms with Gasteiger partial charge in [-0.15, -0.1) is 0 Å². The molecule has 2 N–H and O–H groups in total. The third-order valence-electron chi connectivity index (χ3n) is 3.80. The van der Waals surface area contributed by atoms with Gasteiger partial charge >= 0.3 is 0 Å². The molecule has 3 heteroatoms. The Hall–Kier alpha value is -0.900. The quantitative estimate of drug-likeness (QED) is 0.789. The lowest BCUT2D eigenvalue weighted by molar-refractivity contribution is 0.281. The zero-order chi connectivity index (χ0) is 13.5. The van der Waals surface area contributed by atoms with Crippen LogP contribution in [0.1, 0.15) is 30.9 Å². The van der Waals surface area contributed by atoms with E-state index in [1.54, 1.807) is 0 Å². The van der Waals surface area contributed by atoms with Crippen LogP contribution in [-0.2, 0) is 13.2 Å². The molecule has 0 saturated carbocycles. The molecule has 1 aliphatic rings. The van der Waals surface area contributed by atoms with Crippen LogP contribution in [0.4, 0.5) is 0 Å². The molecule has 0 aromatic heterocycles. The number of nitrogens with zero attached hydrogens (tertiary/aromatic N) is 1. The molecule has 1 aromatic carbocycles. The minimum absolute atomic E-state index is 0.126. The summed E-state index contributed by atoms with van der Waals surface area (Å²) in [5.74, 6) is 0.704. The number of hydrogen-bond donors (Lipinski definition) is 2. The van der Waals surface area contributed by atoms with E-state index in [-0.39, 0.29) is 6.61 Å². The van der Waals surface area contributed by atoms with E-state index in [2.05, 4.69) is 29.3 Å². The summed E-state index contributed by atoms with van der Waals surface area (Å²) in [5, 5.41) is 12.5. The summed E-state index contributed by atoms with van der Waals surface area (Å²) in [6.45, 7) is 8.21. The van der Waals surface area contributed by atoms with E-state index in [1.807, 2.05) is 12.1 Å². The van der Waals surface area contributed by atoms with Crippen LogP contribution in [0.15, 0.2) is 24.3 Å². The van der Waals surface area contributed by atoms with Crippen molar-refractivity contribution in [1.29, 1.82) is 0 Å². The molecule has 106 valence electrons. The van der Waals surface area contributed by atoms with Crippen molar-refractivity contribution in [2.24, 2.45) is 5.92 Å². The summed E-state index contributed by atoms with van der Waals surface area (Å²) < 4.78 is 0. The smallest absolute Gasteiger partial charge is 0.0681 e. The number of benzene rings is 1. The highest BCUT2D eigenvalue weighted by Crippen LogP contribution is 2.10. The second-order valence-electron chi connectivity index (χ2n) is 5.72. The van der Waals surface area contributed by atoms with Crippen LogP contribution in [0, 0.1) is 5.92 Å². The molecule has 2 rings (SSSR count). The summed E-state index contributed by atoms with van der Waals surface area (Å²) in [6.07, 6.45) is 2.74. The molecule has 1 aliphatic heterocycles. The number of aliphatic hydroxyl groups is 1. The van der Waals surface area contributed by atoms with Crippen LogP contribution in [0.2, 0.25) is 0 Å². The van der Waals surface area contributed by atoms with E-state index >= 15 is 0 Å². The van der Waals surface area contributed by atoms with Crippen molar-refractivity contribution in [1.82, 2.24) is 10.2 Å². The maximum atomic E-state index is 8.99. The molecule has 0 amide bonds. The summed E-state index contributed by atoms with van der Waals surface area (Å²) >= 11 is 0. The maximum absolute atomic E-state index is 8.99. The first-order valence-electron chi connectivity index (χ1n) is 7.39. The molecule has 1 heterocycles. The molecule has 1 unspecified atom stereocenters. The minimum atomic E-state index is 0.126. The summed E-state index contributed by atoms with van der Waals surface area (Å²) in [6, 6.07) is 8.16. The standard InChI is InChI=1S/C16H26N2O/c1-14(12-18-8-2-3-9-18)10-17-11-15-4-6-16(13-19)7-5-15/h4-7,14,17,19H,2-3,8-13H2,1H3. The number of nitrogens with one attached hydrogen (secondary N) is 1. The molecule has 1 atom stereocenters. The molecule has 1 saturated heterocycles. The van der Waals surface area contributed by atoms with Crippen LogP contribution >= 0.6 is 0 Å². The Morgan fingerprint density at radius 2 is 1.79 bits per heavy atom. The van der Waals surface area contributed by atoms with Crippen molar-refractivity contribution in [2.75, 3.05) is 26.2 Å². The van der Waals surface area contributed by atoms with Gasteiger partial charge in [-0.05, 0) is 49.5 Å². The number of hydrogen-bond acceptors (Lipinski definition) is 3. The van der Waals surface area contributed by atoms with E-state index in [1.165, 1.54) is 38.0 Å². The highest BCUT2D eigenvalue weighted by molar-refractivity contribution is 5.21. The van der Waals surface area contributed by atoms with Crippen LogP contribution < -0.4 is 5.32 Å². The van der Waals surface area contributed by atoms with Gasteiger partial charge in [0.15, 0.2) is 0 Å². The lowest BCUT2D eigenvalue weighted by Crippen LogP contribution is -2.31. The number of likely N-dealkylation sites (tertiary alicyclic amines) is 1. The Kier molecular flexibility index (Phi) is 5.83. The van der Waals surface area contributed by atoms with Gasteiger partial charge in [-0.25, -0.2) is 0 Å². The van der Waals surface area contributed by atoms with Crippen LogP contribution in [0.5, 0.6) is 0 Å². The predicted molar refractivity (Wildman–Crippen MR) is 78.9 cm³/mol. The molecular weight excluding hydrogens is 236 g/mol. The van der Waals surface area contributed by atoms with E-state index in [0.29, 0.717) is 5.92 Å². The van der Waals surface area contributed by atoms with E-state index in [4.69, 9.17) is 5.11 Å². The molecule has 0 spiro atoms. The molecule has 0 aliphatic carbocycles. The molecular formula is C16H26N2O. The lowest BCUT2D eigenvalue weighted by atomic mass is 10.1. The van der Waals surface area contributed by atoms with E-state index in [0.717, 1.165) is 18.7 Å². The molecule has 3 nitrogen and oxygen atoms in total. The van der Waals surface area contributed by atoms with Crippen molar-refractivity contribution in [3.8, 4) is 0 Å². The summed E-state index contributed by atoms with van der Waals surface area (Å²) in [4.78, 5) is 2.57. The average molecular weight is 262 g/mol. The van der Waals surface area contributed by atoms with Gasteiger partial charge in [-0.1, -0.05) is 31.2 Å². The first-order chi connectivity index (χ1) is 9.28. The fraction of sp³-hybridized carbons (Fsp3) is 0.625. The van der Waals surface area contributed by atoms with E-state index < -0.39 is 0 Å². The maximum Gasteiger partial charge on any atom is 0.0681 e. The van der Waals surface area contributed by atoms with Gasteiger partial charge in [-0.3, -0.25) is 0 Å². The molecule has 19 heavy (non-hydrogen) atoms. The lowest BCUT2D eigenvalue weighted by Gasteiger charge is -2.20. The Balaban J connectivity index is 1.64. The first kappa shape index (κ1) is 14.5. The van der Waals surface area contributed by atoms with Crippen molar-refractivity contribution >= 4 is 0 Å². The Bertz CT molecular complexity index is 358. The largest absolute Gasteiger partial charge is 0.392 e. The fourth-order valence-electron chi connectivity index (χ4n) is 2.70.